The van der Waals surface area contributed by atoms with E-state index < -0.39 is 8.32 Å². The van der Waals surface area contributed by atoms with Gasteiger partial charge in [0.25, 0.3) is 0 Å². The highest BCUT2D eigenvalue weighted by atomic mass is 28.4. The molecule has 4 nitrogen and oxygen atoms in total. The molecule has 0 aliphatic heterocycles. The summed E-state index contributed by atoms with van der Waals surface area (Å²) >= 11 is 0. The number of benzene rings is 2. The molecule has 32 heavy (non-hydrogen) atoms. The SMILES string of the molecule is Cc1cc(O[Si](C)(C)C(C)(C)C)cc(C)c1-c1cccc(COc2ccc(C=O)cc2)n1. The van der Waals surface area contributed by atoms with Crippen LogP contribution in [0.3, 0.4) is 0 Å². The zero-order valence-corrected chi connectivity index (χ0v) is 21.2. The van der Waals surface area contributed by atoms with Crippen LogP contribution in [0, 0.1) is 13.8 Å². The van der Waals surface area contributed by atoms with Crippen LogP contribution < -0.4 is 9.16 Å². The van der Waals surface area contributed by atoms with Crippen LogP contribution in [0.15, 0.2) is 54.6 Å². The Hall–Kier alpha value is -2.92. The molecule has 3 aromatic rings. The van der Waals surface area contributed by atoms with E-state index >= 15 is 0 Å². The number of hydrogen-bond donors (Lipinski definition) is 0. The summed E-state index contributed by atoms with van der Waals surface area (Å²) in [6, 6.07) is 17.3. The van der Waals surface area contributed by atoms with E-state index in [1.165, 1.54) is 0 Å². The quantitative estimate of drug-likeness (QED) is 0.285. The van der Waals surface area contributed by atoms with Gasteiger partial charge in [-0.2, -0.15) is 0 Å². The van der Waals surface area contributed by atoms with Gasteiger partial charge in [0, 0.05) is 11.1 Å². The zero-order chi connectivity index (χ0) is 23.5. The number of nitrogens with zero attached hydrogens (tertiary/aromatic N) is 1. The number of aldehydes is 1. The van der Waals surface area contributed by atoms with Gasteiger partial charge in [0.1, 0.15) is 24.4 Å². The van der Waals surface area contributed by atoms with Gasteiger partial charge < -0.3 is 9.16 Å². The zero-order valence-electron chi connectivity index (χ0n) is 20.2. The monoisotopic (exact) mass is 447 g/mol. The number of aryl methyl sites for hydroxylation is 2. The molecule has 0 aliphatic carbocycles. The van der Waals surface area contributed by atoms with Gasteiger partial charge in [-0.15, -0.1) is 0 Å². The van der Waals surface area contributed by atoms with Gasteiger partial charge in [-0.25, -0.2) is 4.98 Å². The normalized spacial score (nSPS) is 11.8. The number of aromatic nitrogens is 1. The van der Waals surface area contributed by atoms with Crippen LogP contribution in [0.5, 0.6) is 11.5 Å². The highest BCUT2D eigenvalue weighted by molar-refractivity contribution is 6.74. The van der Waals surface area contributed by atoms with Crippen molar-refractivity contribution >= 4 is 14.6 Å². The Bertz CT molecular complexity index is 1080. The molecule has 0 amide bonds. The lowest BCUT2D eigenvalue weighted by Crippen LogP contribution is -2.43. The van der Waals surface area contributed by atoms with Crippen LogP contribution in [-0.4, -0.2) is 19.6 Å². The van der Waals surface area contributed by atoms with Crippen LogP contribution in [0.4, 0.5) is 0 Å². The lowest BCUT2D eigenvalue weighted by molar-refractivity contribution is 0.112. The Kier molecular flexibility index (Phi) is 6.89. The lowest BCUT2D eigenvalue weighted by atomic mass is 9.99. The fourth-order valence-electron chi connectivity index (χ4n) is 3.33. The van der Waals surface area contributed by atoms with Crippen LogP contribution in [0.2, 0.25) is 18.1 Å². The first-order chi connectivity index (χ1) is 15.0. The van der Waals surface area contributed by atoms with Crippen LogP contribution >= 0.6 is 0 Å². The molecular formula is C27H33NO3Si. The van der Waals surface area contributed by atoms with Crippen molar-refractivity contribution in [3.05, 3.63) is 77.0 Å². The molecule has 0 bridgehead atoms. The minimum absolute atomic E-state index is 0.150. The molecule has 0 aliphatic rings. The van der Waals surface area contributed by atoms with Crippen molar-refractivity contribution in [1.29, 1.82) is 0 Å². The predicted molar refractivity (Wildman–Crippen MR) is 133 cm³/mol. The van der Waals surface area contributed by atoms with Gasteiger partial charge in [-0.1, -0.05) is 26.8 Å². The van der Waals surface area contributed by atoms with E-state index in [4.69, 9.17) is 14.1 Å². The molecule has 0 saturated heterocycles. The maximum Gasteiger partial charge on any atom is 0.250 e. The summed E-state index contributed by atoms with van der Waals surface area (Å²) < 4.78 is 12.4. The fraction of sp³-hybridized carbons (Fsp3) is 0.333. The van der Waals surface area contributed by atoms with E-state index in [0.717, 1.165) is 40.1 Å². The Morgan fingerprint density at radius 2 is 1.56 bits per heavy atom. The summed E-state index contributed by atoms with van der Waals surface area (Å²) in [7, 11) is -1.90. The molecule has 0 radical (unpaired) electrons. The topological polar surface area (TPSA) is 48.4 Å². The molecule has 3 rings (SSSR count). The molecule has 5 heteroatoms. The van der Waals surface area contributed by atoms with Crippen LogP contribution in [0.25, 0.3) is 11.3 Å². The number of rotatable bonds is 7. The number of carbonyl (C=O) groups excluding carboxylic acids is 1. The molecular weight excluding hydrogens is 414 g/mol. The van der Waals surface area contributed by atoms with Crippen molar-refractivity contribution in [3.8, 4) is 22.8 Å². The number of carbonyl (C=O) groups is 1. The summed E-state index contributed by atoms with van der Waals surface area (Å²) in [4.78, 5) is 15.6. The largest absolute Gasteiger partial charge is 0.543 e. The van der Waals surface area contributed by atoms with E-state index in [0.29, 0.717) is 17.9 Å². The van der Waals surface area contributed by atoms with Gasteiger partial charge in [0.05, 0.1) is 11.4 Å². The third kappa shape index (κ3) is 5.46. The van der Waals surface area contributed by atoms with Gasteiger partial charge >= 0.3 is 0 Å². The second kappa shape index (κ2) is 9.29. The molecule has 1 aromatic heterocycles. The van der Waals surface area contributed by atoms with Crippen molar-refractivity contribution in [3.63, 3.8) is 0 Å². The molecule has 0 atom stereocenters. The molecule has 0 fully saturated rings. The van der Waals surface area contributed by atoms with Gasteiger partial charge in [0.2, 0.25) is 8.32 Å². The Labute approximate surface area is 192 Å². The third-order valence-corrected chi connectivity index (χ3v) is 10.5. The minimum atomic E-state index is -1.90. The summed E-state index contributed by atoms with van der Waals surface area (Å²) in [5, 5.41) is 0.150. The molecule has 0 saturated carbocycles. The van der Waals surface area contributed by atoms with E-state index in [-0.39, 0.29) is 5.04 Å². The van der Waals surface area contributed by atoms with Crippen LogP contribution in [0.1, 0.15) is 48.0 Å². The Morgan fingerprint density at radius 1 is 0.938 bits per heavy atom. The summed E-state index contributed by atoms with van der Waals surface area (Å²) in [6.07, 6.45) is 0.822. The third-order valence-electron chi connectivity index (χ3n) is 6.15. The summed E-state index contributed by atoms with van der Waals surface area (Å²) in [5.41, 5.74) is 5.83. The second-order valence-electron chi connectivity index (χ2n) is 9.78. The first-order valence-corrected chi connectivity index (χ1v) is 13.9. The number of pyridine rings is 1. The first-order valence-electron chi connectivity index (χ1n) is 10.9. The number of ether oxygens (including phenoxy) is 1. The van der Waals surface area contributed by atoms with E-state index in [9.17, 15) is 4.79 Å². The van der Waals surface area contributed by atoms with Crippen molar-refractivity contribution < 1.29 is 14.0 Å². The molecule has 0 unspecified atom stereocenters. The second-order valence-corrected chi connectivity index (χ2v) is 14.5. The van der Waals surface area contributed by atoms with Crippen molar-refractivity contribution in [1.82, 2.24) is 4.98 Å². The van der Waals surface area contributed by atoms with Gasteiger partial charge in [-0.05, 0) is 91.6 Å². The van der Waals surface area contributed by atoms with Crippen LogP contribution in [-0.2, 0) is 6.61 Å². The van der Waals surface area contributed by atoms with Crippen molar-refractivity contribution in [2.75, 3.05) is 0 Å². The maximum absolute atomic E-state index is 10.8. The Balaban J connectivity index is 1.81. The van der Waals surface area contributed by atoms with Gasteiger partial charge in [-0.3, -0.25) is 4.79 Å². The first kappa shape index (κ1) is 23.7. The fourth-order valence-corrected chi connectivity index (χ4v) is 4.35. The van der Waals surface area contributed by atoms with E-state index in [1.807, 2.05) is 18.2 Å². The molecule has 0 spiro atoms. The molecule has 1 heterocycles. The smallest absolute Gasteiger partial charge is 0.250 e. The minimum Gasteiger partial charge on any atom is -0.543 e. The maximum atomic E-state index is 10.8. The highest BCUT2D eigenvalue weighted by Gasteiger charge is 2.39. The van der Waals surface area contributed by atoms with Crippen molar-refractivity contribution in [2.24, 2.45) is 0 Å². The van der Waals surface area contributed by atoms with E-state index in [1.54, 1.807) is 24.3 Å². The summed E-state index contributed by atoms with van der Waals surface area (Å²) in [5.74, 6) is 1.65. The standard InChI is InChI=1S/C27H33NO3Si/c1-19-15-24(31-32(6,7)27(3,4)5)16-20(2)26(19)25-10-8-9-22(28-25)18-30-23-13-11-21(17-29)12-14-23/h8-17H,18H2,1-7H3. The number of hydrogen-bond acceptors (Lipinski definition) is 4. The lowest BCUT2D eigenvalue weighted by Gasteiger charge is -2.36. The molecule has 2 aromatic carbocycles. The van der Waals surface area contributed by atoms with Gasteiger partial charge in [0.15, 0.2) is 0 Å². The summed E-state index contributed by atoms with van der Waals surface area (Å²) in [6.45, 7) is 15.9. The molecule has 168 valence electrons. The van der Waals surface area contributed by atoms with E-state index in [2.05, 4.69) is 59.8 Å². The van der Waals surface area contributed by atoms with Crippen molar-refractivity contribution in [2.45, 2.75) is 59.4 Å². The molecule has 0 N–H and O–H groups in total. The highest BCUT2D eigenvalue weighted by Crippen LogP contribution is 2.39. The predicted octanol–water partition coefficient (Wildman–Crippen LogP) is 7.14. The average molecular weight is 448 g/mol. The average Bonchev–Trinajstić information content (AvgIpc) is 2.71. The Morgan fingerprint density at radius 3 is 2.12 bits per heavy atom.